The number of primary amides is 1. The van der Waals surface area contributed by atoms with Crippen LogP contribution in [0.15, 0.2) is 72.8 Å². The molecule has 1 fully saturated rings. The second-order valence-corrected chi connectivity index (χ2v) is 11.4. The number of fused-ring (bicyclic) bond motifs is 1. The van der Waals surface area contributed by atoms with Crippen LogP contribution in [-0.4, -0.2) is 52.7 Å². The Morgan fingerprint density at radius 1 is 0.933 bits per heavy atom. The van der Waals surface area contributed by atoms with Crippen LogP contribution < -0.4 is 11.1 Å². The van der Waals surface area contributed by atoms with E-state index >= 15 is 0 Å². The highest BCUT2D eigenvalue weighted by Gasteiger charge is 2.49. The third kappa shape index (κ3) is 6.68. The van der Waals surface area contributed by atoms with Gasteiger partial charge in [0, 0.05) is 31.2 Å². The molecule has 0 spiro atoms. The molecule has 7 nitrogen and oxygen atoms in total. The first-order chi connectivity index (χ1) is 21.1. The number of nitrogens with two attached hydrogens (primary N) is 1. The molecule has 2 aliphatic heterocycles. The van der Waals surface area contributed by atoms with Crippen LogP contribution >= 0.6 is 0 Å². The maximum Gasteiger partial charge on any atom is 0.416 e. The van der Waals surface area contributed by atoms with E-state index in [2.05, 4.69) is 10.2 Å². The molecule has 0 aromatic heterocycles. The van der Waals surface area contributed by atoms with Gasteiger partial charge < -0.3 is 16.0 Å². The summed E-state index contributed by atoms with van der Waals surface area (Å²) < 4.78 is 83.5. The zero-order chi connectivity index (χ0) is 32.7. The van der Waals surface area contributed by atoms with Crippen molar-refractivity contribution in [3.8, 4) is 0 Å². The average Bonchev–Trinajstić information content (AvgIpc) is 3.42. The van der Waals surface area contributed by atoms with E-state index in [1.54, 1.807) is 0 Å². The van der Waals surface area contributed by atoms with Crippen molar-refractivity contribution in [2.75, 3.05) is 13.1 Å². The zero-order valence-electron chi connectivity index (χ0n) is 24.0. The number of alkyl halides is 6. The number of nitrogens with zero attached hydrogens (tertiary/aromatic N) is 2. The molecule has 3 aromatic carbocycles. The molecule has 1 saturated heterocycles. The maximum absolute atomic E-state index is 14.1. The van der Waals surface area contributed by atoms with Crippen molar-refractivity contribution in [2.45, 2.75) is 56.3 Å². The predicted molar refractivity (Wildman–Crippen MR) is 151 cm³/mol. The largest absolute Gasteiger partial charge is 0.416 e. The molecule has 2 aliphatic rings. The number of halogens is 6. The van der Waals surface area contributed by atoms with Gasteiger partial charge in [-0.25, -0.2) is 0 Å². The SMILES string of the molecule is CC(C(N)=O)N1C(=O)c2ccccc2C(C(=O)NC2CCN(Cc3ccccc3)C2)C1c1cc(C(F)(F)F)cc(C(F)(F)F)c1. The lowest BCUT2D eigenvalue weighted by atomic mass is 9.77. The van der Waals surface area contributed by atoms with Crippen LogP contribution in [0.5, 0.6) is 0 Å². The molecule has 5 rings (SSSR count). The van der Waals surface area contributed by atoms with Gasteiger partial charge in [0.2, 0.25) is 11.8 Å². The van der Waals surface area contributed by atoms with Gasteiger partial charge in [-0.05, 0) is 54.3 Å². The molecule has 4 atom stereocenters. The van der Waals surface area contributed by atoms with Crippen LogP contribution in [0.1, 0.15) is 63.5 Å². The van der Waals surface area contributed by atoms with Crippen molar-refractivity contribution in [1.29, 1.82) is 0 Å². The summed E-state index contributed by atoms with van der Waals surface area (Å²) in [5.41, 5.74) is 2.85. The standard InChI is InChI=1S/C32H30F6N4O3/c1-18(28(39)43)42-27(20-13-21(31(33,34)35)15-22(14-20)32(36,37)38)26(24-9-5-6-10-25(24)30(42)45)29(44)40-23-11-12-41(17-23)16-19-7-3-2-4-8-19/h2-10,13-15,18,23,26-27H,11-12,16-17H2,1H3,(H2,39,43)(H,40,44). The number of benzene rings is 3. The third-order valence-corrected chi connectivity index (χ3v) is 8.31. The van der Waals surface area contributed by atoms with Gasteiger partial charge in [-0.15, -0.1) is 0 Å². The van der Waals surface area contributed by atoms with Crippen molar-refractivity contribution in [1.82, 2.24) is 15.1 Å². The lowest BCUT2D eigenvalue weighted by Gasteiger charge is -2.44. The molecular formula is C32H30F6N4O3. The highest BCUT2D eigenvalue weighted by Crippen LogP contribution is 2.47. The molecule has 0 radical (unpaired) electrons. The van der Waals surface area contributed by atoms with Gasteiger partial charge in [0.25, 0.3) is 5.91 Å². The lowest BCUT2D eigenvalue weighted by Crippen LogP contribution is -2.55. The van der Waals surface area contributed by atoms with E-state index in [9.17, 15) is 40.7 Å². The highest BCUT2D eigenvalue weighted by atomic mass is 19.4. The van der Waals surface area contributed by atoms with E-state index in [1.165, 1.54) is 31.2 Å². The number of hydrogen-bond donors (Lipinski definition) is 2. The van der Waals surface area contributed by atoms with Crippen molar-refractivity contribution < 1.29 is 40.7 Å². The van der Waals surface area contributed by atoms with Crippen LogP contribution in [0.4, 0.5) is 26.3 Å². The van der Waals surface area contributed by atoms with Crippen LogP contribution in [0.2, 0.25) is 0 Å². The highest BCUT2D eigenvalue weighted by molar-refractivity contribution is 6.03. The molecule has 2 heterocycles. The normalized spacial score (nSPS) is 21.4. The number of nitrogens with one attached hydrogen (secondary N) is 1. The summed E-state index contributed by atoms with van der Waals surface area (Å²) in [6, 6.07) is 12.8. The Kier molecular flexibility index (Phi) is 8.67. The molecule has 45 heavy (non-hydrogen) atoms. The summed E-state index contributed by atoms with van der Waals surface area (Å²) in [6.45, 7) is 2.91. The van der Waals surface area contributed by atoms with Gasteiger partial charge in [-0.2, -0.15) is 26.3 Å². The summed E-state index contributed by atoms with van der Waals surface area (Å²) in [5, 5.41) is 2.92. The Morgan fingerprint density at radius 3 is 2.13 bits per heavy atom. The summed E-state index contributed by atoms with van der Waals surface area (Å²) in [7, 11) is 0. The van der Waals surface area contributed by atoms with E-state index < -0.39 is 64.8 Å². The molecule has 3 aromatic rings. The summed E-state index contributed by atoms with van der Waals surface area (Å²) >= 11 is 0. The number of carbonyl (C=O) groups excluding carboxylic acids is 3. The zero-order valence-corrected chi connectivity index (χ0v) is 24.0. The quantitative estimate of drug-likeness (QED) is 0.347. The molecule has 0 aliphatic carbocycles. The molecule has 0 bridgehead atoms. The van der Waals surface area contributed by atoms with E-state index in [0.29, 0.717) is 38.2 Å². The number of carbonyl (C=O) groups is 3. The number of rotatable bonds is 7. The maximum atomic E-state index is 14.1. The fourth-order valence-electron chi connectivity index (χ4n) is 6.13. The van der Waals surface area contributed by atoms with Crippen molar-refractivity contribution >= 4 is 17.7 Å². The first-order valence-corrected chi connectivity index (χ1v) is 14.2. The van der Waals surface area contributed by atoms with Gasteiger partial charge in [0.1, 0.15) is 6.04 Å². The number of amides is 3. The van der Waals surface area contributed by atoms with Crippen LogP contribution in [-0.2, 0) is 28.5 Å². The third-order valence-electron chi connectivity index (χ3n) is 8.31. The first kappa shape index (κ1) is 32.0. The van der Waals surface area contributed by atoms with E-state index in [0.717, 1.165) is 10.5 Å². The smallest absolute Gasteiger partial charge is 0.368 e. The van der Waals surface area contributed by atoms with Crippen LogP contribution in [0.3, 0.4) is 0 Å². The second kappa shape index (κ2) is 12.2. The van der Waals surface area contributed by atoms with Crippen molar-refractivity contribution in [2.24, 2.45) is 5.73 Å². The van der Waals surface area contributed by atoms with Gasteiger partial charge in [-0.3, -0.25) is 19.3 Å². The van der Waals surface area contributed by atoms with Gasteiger partial charge in [-0.1, -0.05) is 48.5 Å². The Hall–Kier alpha value is -4.39. The molecule has 13 heteroatoms. The Morgan fingerprint density at radius 2 is 1.53 bits per heavy atom. The van der Waals surface area contributed by atoms with Crippen molar-refractivity contribution in [3.05, 3.63) is 106 Å². The second-order valence-electron chi connectivity index (χ2n) is 11.4. The van der Waals surface area contributed by atoms with Gasteiger partial charge >= 0.3 is 12.4 Å². The molecule has 3 N–H and O–H groups in total. The molecule has 0 saturated carbocycles. The number of hydrogen-bond acceptors (Lipinski definition) is 4. The minimum atomic E-state index is -5.18. The number of likely N-dealkylation sites (tertiary alicyclic amines) is 1. The summed E-state index contributed by atoms with van der Waals surface area (Å²) in [4.78, 5) is 43.2. The van der Waals surface area contributed by atoms with Gasteiger partial charge in [0.15, 0.2) is 0 Å². The topological polar surface area (TPSA) is 95.7 Å². The molecule has 4 unspecified atom stereocenters. The Bertz CT molecular complexity index is 1560. The summed E-state index contributed by atoms with van der Waals surface area (Å²) in [6.07, 6.45) is -9.83. The summed E-state index contributed by atoms with van der Waals surface area (Å²) in [5.74, 6) is -4.08. The minimum Gasteiger partial charge on any atom is -0.368 e. The minimum absolute atomic E-state index is 0.0119. The molecule has 3 amide bonds. The van der Waals surface area contributed by atoms with Crippen LogP contribution in [0, 0.1) is 0 Å². The average molecular weight is 633 g/mol. The van der Waals surface area contributed by atoms with E-state index in [-0.39, 0.29) is 23.2 Å². The fraction of sp³-hybridized carbons (Fsp3) is 0.344. The molecule has 238 valence electrons. The Labute approximate surface area is 255 Å². The van der Waals surface area contributed by atoms with E-state index in [4.69, 9.17) is 5.73 Å². The predicted octanol–water partition coefficient (Wildman–Crippen LogP) is 5.27. The fourth-order valence-corrected chi connectivity index (χ4v) is 6.13. The molecular weight excluding hydrogens is 602 g/mol. The Balaban J connectivity index is 1.59. The van der Waals surface area contributed by atoms with Gasteiger partial charge in [0.05, 0.1) is 23.1 Å². The lowest BCUT2D eigenvalue weighted by molar-refractivity contribution is -0.143. The van der Waals surface area contributed by atoms with Crippen LogP contribution in [0.25, 0.3) is 0 Å². The monoisotopic (exact) mass is 632 g/mol. The first-order valence-electron chi connectivity index (χ1n) is 14.2. The van der Waals surface area contributed by atoms with Crippen molar-refractivity contribution in [3.63, 3.8) is 0 Å². The van der Waals surface area contributed by atoms with E-state index in [1.807, 2.05) is 30.3 Å².